The van der Waals surface area contributed by atoms with Gasteiger partial charge in [-0.3, -0.25) is 0 Å². The van der Waals surface area contributed by atoms with Crippen molar-refractivity contribution in [3.05, 3.63) is 47.5 Å². The number of benzene rings is 1. The number of esters is 1. The van der Waals surface area contributed by atoms with Gasteiger partial charge in [0.1, 0.15) is 18.0 Å². The number of nitrogens with zero attached hydrogens (tertiary/aromatic N) is 1. The molecule has 1 aromatic carbocycles. The first-order valence-corrected chi connectivity index (χ1v) is 7.81. The Labute approximate surface area is 134 Å². The van der Waals surface area contributed by atoms with Crippen LogP contribution >= 0.6 is 0 Å². The average Bonchev–Trinajstić information content (AvgIpc) is 2.56. The van der Waals surface area contributed by atoms with Crippen LogP contribution in [0.1, 0.15) is 48.9 Å². The smallest absolute Gasteiger partial charge is 0.338 e. The van der Waals surface area contributed by atoms with E-state index in [9.17, 15) is 13.6 Å². The SMILES string of the molecule is N#CC(F)=CCC[C@H]1CC[C@H](OC(=O)c2ccc(F)cc2)CC1. The van der Waals surface area contributed by atoms with E-state index in [-0.39, 0.29) is 11.9 Å². The van der Waals surface area contributed by atoms with Crippen LogP contribution in [0.3, 0.4) is 0 Å². The van der Waals surface area contributed by atoms with Gasteiger partial charge >= 0.3 is 5.97 Å². The molecule has 2 rings (SSSR count). The Morgan fingerprint density at radius 1 is 1.26 bits per heavy atom. The van der Waals surface area contributed by atoms with Crippen molar-refractivity contribution in [2.24, 2.45) is 5.92 Å². The second kappa shape index (κ2) is 8.42. The number of hydrogen-bond donors (Lipinski definition) is 0. The summed E-state index contributed by atoms with van der Waals surface area (Å²) in [6.45, 7) is 0. The fourth-order valence-corrected chi connectivity index (χ4v) is 2.84. The minimum absolute atomic E-state index is 0.116. The Bertz CT molecular complexity index is 596. The van der Waals surface area contributed by atoms with Crippen molar-refractivity contribution in [2.45, 2.75) is 44.6 Å². The zero-order valence-electron chi connectivity index (χ0n) is 12.8. The predicted octanol–water partition coefficient (Wildman–Crippen LogP) is 4.70. The summed E-state index contributed by atoms with van der Waals surface area (Å²) in [6.07, 6.45) is 6.00. The van der Waals surface area contributed by atoms with E-state index < -0.39 is 11.8 Å². The van der Waals surface area contributed by atoms with Gasteiger partial charge in [-0.2, -0.15) is 9.65 Å². The van der Waals surface area contributed by atoms with Gasteiger partial charge < -0.3 is 4.74 Å². The van der Waals surface area contributed by atoms with E-state index in [4.69, 9.17) is 10.00 Å². The summed E-state index contributed by atoms with van der Waals surface area (Å²) >= 11 is 0. The van der Waals surface area contributed by atoms with Gasteiger partial charge in [0.25, 0.3) is 0 Å². The molecule has 1 saturated carbocycles. The number of carbonyl (C=O) groups is 1. The second-order valence-corrected chi connectivity index (χ2v) is 5.80. The van der Waals surface area contributed by atoms with Gasteiger partial charge in [0.05, 0.1) is 5.56 Å². The fraction of sp³-hybridized carbons (Fsp3) is 0.444. The molecule has 0 amide bonds. The van der Waals surface area contributed by atoms with Crippen LogP contribution in [0.25, 0.3) is 0 Å². The Morgan fingerprint density at radius 3 is 2.52 bits per heavy atom. The summed E-state index contributed by atoms with van der Waals surface area (Å²) in [6, 6.07) is 6.77. The molecule has 3 nitrogen and oxygen atoms in total. The molecule has 0 unspecified atom stereocenters. The first-order valence-electron chi connectivity index (χ1n) is 7.81. The third-order valence-electron chi connectivity index (χ3n) is 4.15. The van der Waals surface area contributed by atoms with Gasteiger partial charge in [-0.15, -0.1) is 0 Å². The maximum atomic E-state index is 12.8. The van der Waals surface area contributed by atoms with Gasteiger partial charge in [-0.1, -0.05) is 0 Å². The number of hydrogen-bond acceptors (Lipinski definition) is 3. The van der Waals surface area contributed by atoms with E-state index in [0.717, 1.165) is 32.1 Å². The lowest BCUT2D eigenvalue weighted by Crippen LogP contribution is -2.24. The zero-order valence-corrected chi connectivity index (χ0v) is 12.8. The van der Waals surface area contributed by atoms with Crippen molar-refractivity contribution in [2.75, 3.05) is 0 Å². The van der Waals surface area contributed by atoms with E-state index in [2.05, 4.69) is 0 Å². The number of allylic oxidation sites excluding steroid dienone is 2. The first-order chi connectivity index (χ1) is 11.1. The number of rotatable bonds is 5. The van der Waals surface area contributed by atoms with E-state index in [1.54, 1.807) is 0 Å². The summed E-state index contributed by atoms with van der Waals surface area (Å²) in [5.41, 5.74) is 0.352. The first kappa shape index (κ1) is 17.1. The molecule has 0 radical (unpaired) electrons. The van der Waals surface area contributed by atoms with Crippen LogP contribution in [0.5, 0.6) is 0 Å². The number of halogens is 2. The summed E-state index contributed by atoms with van der Waals surface area (Å²) in [7, 11) is 0. The number of ether oxygens (including phenoxy) is 1. The Morgan fingerprint density at radius 2 is 1.91 bits per heavy atom. The predicted molar refractivity (Wildman–Crippen MR) is 81.6 cm³/mol. The molecule has 122 valence electrons. The Balaban J connectivity index is 1.73. The largest absolute Gasteiger partial charge is 0.459 e. The maximum Gasteiger partial charge on any atom is 0.338 e. The molecule has 5 heteroatoms. The highest BCUT2D eigenvalue weighted by Crippen LogP contribution is 2.30. The molecule has 0 saturated heterocycles. The summed E-state index contributed by atoms with van der Waals surface area (Å²) in [4.78, 5) is 12.0. The molecule has 0 heterocycles. The molecule has 0 atom stereocenters. The van der Waals surface area contributed by atoms with Gasteiger partial charge in [0.15, 0.2) is 5.83 Å². The monoisotopic (exact) mass is 319 g/mol. The minimum atomic E-state index is -0.730. The standard InChI is InChI=1S/C18H19F2NO2/c19-15-8-6-14(7-9-15)18(22)23-17-10-4-13(5-11-17)2-1-3-16(20)12-21/h3,6-9,13,17H,1-2,4-5,10-11H2/t13-,17-. The molecule has 1 aromatic rings. The van der Waals surface area contributed by atoms with Crippen LogP contribution in [-0.4, -0.2) is 12.1 Å². The van der Waals surface area contributed by atoms with Crippen LogP contribution in [0.15, 0.2) is 36.2 Å². The number of nitriles is 1. The topological polar surface area (TPSA) is 50.1 Å². The molecule has 1 aliphatic rings. The zero-order chi connectivity index (χ0) is 16.7. The number of carbonyl (C=O) groups excluding carboxylic acids is 1. The van der Waals surface area contributed by atoms with Gasteiger partial charge in [0.2, 0.25) is 0 Å². The van der Waals surface area contributed by atoms with Crippen LogP contribution in [0.4, 0.5) is 8.78 Å². The fourth-order valence-electron chi connectivity index (χ4n) is 2.84. The highest BCUT2D eigenvalue weighted by atomic mass is 19.1. The minimum Gasteiger partial charge on any atom is -0.459 e. The van der Waals surface area contributed by atoms with E-state index >= 15 is 0 Å². The molecule has 0 N–H and O–H groups in total. The van der Waals surface area contributed by atoms with E-state index in [1.165, 1.54) is 36.4 Å². The lowest BCUT2D eigenvalue weighted by Gasteiger charge is -2.28. The highest BCUT2D eigenvalue weighted by molar-refractivity contribution is 5.89. The van der Waals surface area contributed by atoms with Crippen LogP contribution < -0.4 is 0 Å². The maximum absolute atomic E-state index is 12.8. The molecular formula is C18H19F2NO2. The van der Waals surface area contributed by atoms with Crippen molar-refractivity contribution in [1.82, 2.24) is 0 Å². The quantitative estimate of drug-likeness (QED) is 0.584. The third kappa shape index (κ3) is 5.48. The third-order valence-corrected chi connectivity index (χ3v) is 4.15. The van der Waals surface area contributed by atoms with Crippen molar-refractivity contribution in [3.8, 4) is 6.07 Å². The Hall–Kier alpha value is -2.22. The van der Waals surface area contributed by atoms with Gasteiger partial charge in [-0.25, -0.2) is 9.18 Å². The van der Waals surface area contributed by atoms with E-state index in [0.29, 0.717) is 17.9 Å². The van der Waals surface area contributed by atoms with Gasteiger partial charge in [-0.05, 0) is 74.8 Å². The van der Waals surface area contributed by atoms with Crippen LogP contribution in [0.2, 0.25) is 0 Å². The lowest BCUT2D eigenvalue weighted by molar-refractivity contribution is 0.0162. The average molecular weight is 319 g/mol. The summed E-state index contributed by atoms with van der Waals surface area (Å²) < 4.78 is 31.0. The lowest BCUT2D eigenvalue weighted by atomic mass is 9.84. The molecule has 0 bridgehead atoms. The van der Waals surface area contributed by atoms with E-state index in [1.807, 2.05) is 0 Å². The van der Waals surface area contributed by atoms with Crippen molar-refractivity contribution < 1.29 is 18.3 Å². The summed E-state index contributed by atoms with van der Waals surface area (Å²) in [5.74, 6) is -1.07. The molecular weight excluding hydrogens is 300 g/mol. The molecule has 23 heavy (non-hydrogen) atoms. The van der Waals surface area contributed by atoms with Crippen molar-refractivity contribution >= 4 is 5.97 Å². The highest BCUT2D eigenvalue weighted by Gasteiger charge is 2.24. The normalized spacial score (nSPS) is 21.5. The van der Waals surface area contributed by atoms with Crippen LogP contribution in [0, 0.1) is 23.1 Å². The Kier molecular flexibility index (Phi) is 6.28. The molecule has 1 aliphatic carbocycles. The molecule has 0 aliphatic heterocycles. The van der Waals surface area contributed by atoms with Crippen molar-refractivity contribution in [3.63, 3.8) is 0 Å². The molecule has 1 fully saturated rings. The summed E-state index contributed by atoms with van der Waals surface area (Å²) in [5, 5.41) is 8.34. The second-order valence-electron chi connectivity index (χ2n) is 5.80. The van der Waals surface area contributed by atoms with Crippen molar-refractivity contribution in [1.29, 1.82) is 5.26 Å². The van der Waals surface area contributed by atoms with Crippen LogP contribution in [-0.2, 0) is 4.74 Å². The molecule has 0 aromatic heterocycles. The van der Waals surface area contributed by atoms with Gasteiger partial charge in [0, 0.05) is 0 Å². The molecule has 0 spiro atoms.